The van der Waals surface area contributed by atoms with Gasteiger partial charge >= 0.3 is 5.97 Å². The monoisotopic (exact) mass is 399 g/mol. The molecule has 0 saturated carbocycles. The number of nitrogens with one attached hydrogen (secondary N) is 2. The third-order valence-corrected chi connectivity index (χ3v) is 4.43. The number of aliphatic hydroxyl groups is 1. The third kappa shape index (κ3) is 6.22. The van der Waals surface area contributed by atoms with E-state index >= 15 is 0 Å². The van der Waals surface area contributed by atoms with E-state index < -0.39 is 11.6 Å². The quantitative estimate of drug-likeness (QED) is 0.359. The number of guanidine groups is 1. The number of aliphatic imine (C=N–C) groups is 1. The molecular formula is C22H29N3O4. The lowest BCUT2D eigenvalue weighted by Gasteiger charge is -2.25. The molecule has 0 fully saturated rings. The normalized spacial score (nSPS) is 13.3. The van der Waals surface area contributed by atoms with Crippen molar-refractivity contribution in [2.24, 2.45) is 4.99 Å². The van der Waals surface area contributed by atoms with Gasteiger partial charge in [-0.25, -0.2) is 9.79 Å². The lowest BCUT2D eigenvalue weighted by Crippen LogP contribution is -2.44. The highest BCUT2D eigenvalue weighted by Crippen LogP contribution is 2.21. The van der Waals surface area contributed by atoms with Gasteiger partial charge in [0.25, 0.3) is 0 Å². The van der Waals surface area contributed by atoms with Gasteiger partial charge in [0.1, 0.15) is 16.9 Å². The number of nitrogens with zero attached hydrogens (tertiary/aromatic N) is 1. The van der Waals surface area contributed by atoms with Gasteiger partial charge in [-0.05, 0) is 37.1 Å². The van der Waals surface area contributed by atoms with Crippen LogP contribution in [0.2, 0.25) is 0 Å². The van der Waals surface area contributed by atoms with E-state index in [0.717, 1.165) is 11.1 Å². The van der Waals surface area contributed by atoms with E-state index in [1.807, 2.05) is 43.3 Å². The third-order valence-electron chi connectivity index (χ3n) is 4.43. The molecule has 7 nitrogen and oxygen atoms in total. The Morgan fingerprint density at radius 1 is 1.14 bits per heavy atom. The molecule has 1 unspecified atom stereocenters. The summed E-state index contributed by atoms with van der Waals surface area (Å²) in [6, 6.07) is 14.7. The second-order valence-corrected chi connectivity index (χ2v) is 6.71. The van der Waals surface area contributed by atoms with Crippen molar-refractivity contribution in [3.63, 3.8) is 0 Å². The van der Waals surface area contributed by atoms with Gasteiger partial charge in [-0.3, -0.25) is 0 Å². The summed E-state index contributed by atoms with van der Waals surface area (Å²) < 4.78 is 10.0. The van der Waals surface area contributed by atoms with Crippen LogP contribution in [0, 0.1) is 0 Å². The topological polar surface area (TPSA) is 92.2 Å². The summed E-state index contributed by atoms with van der Waals surface area (Å²) in [5.41, 5.74) is 0.961. The molecule has 2 aromatic carbocycles. The molecular weight excluding hydrogens is 370 g/mol. The highest BCUT2D eigenvalue weighted by atomic mass is 16.5. The predicted octanol–water partition coefficient (Wildman–Crippen LogP) is 2.44. The average Bonchev–Trinajstić information content (AvgIpc) is 2.75. The molecule has 0 radical (unpaired) electrons. The fourth-order valence-corrected chi connectivity index (χ4v) is 2.79. The van der Waals surface area contributed by atoms with Crippen molar-refractivity contribution >= 4 is 11.9 Å². The predicted molar refractivity (Wildman–Crippen MR) is 113 cm³/mol. The van der Waals surface area contributed by atoms with Crippen molar-refractivity contribution in [2.45, 2.75) is 26.0 Å². The largest absolute Gasteiger partial charge is 0.496 e. The molecule has 2 rings (SSSR count). The molecule has 2 aromatic rings. The minimum Gasteiger partial charge on any atom is -0.496 e. The first-order valence-electron chi connectivity index (χ1n) is 9.46. The zero-order chi connectivity index (χ0) is 21.3. The molecule has 7 heteroatoms. The highest BCUT2D eigenvalue weighted by Gasteiger charge is 2.23. The zero-order valence-corrected chi connectivity index (χ0v) is 17.4. The fraction of sp³-hybridized carbons (Fsp3) is 0.364. The summed E-state index contributed by atoms with van der Waals surface area (Å²) >= 11 is 0. The molecule has 0 aliphatic rings. The Kier molecular flexibility index (Phi) is 8.03. The number of hydrogen-bond acceptors (Lipinski definition) is 5. The number of esters is 1. The first-order valence-corrected chi connectivity index (χ1v) is 9.46. The molecule has 0 aliphatic carbocycles. The minimum absolute atomic E-state index is 0.291. The second kappa shape index (κ2) is 10.5. The Labute approximate surface area is 171 Å². The zero-order valence-electron chi connectivity index (χ0n) is 17.4. The Morgan fingerprint density at radius 3 is 2.48 bits per heavy atom. The van der Waals surface area contributed by atoms with Crippen LogP contribution in [0.3, 0.4) is 0 Å². The van der Waals surface area contributed by atoms with Gasteiger partial charge in [-0.15, -0.1) is 0 Å². The summed E-state index contributed by atoms with van der Waals surface area (Å²) in [5.74, 6) is 0.560. The van der Waals surface area contributed by atoms with Crippen LogP contribution < -0.4 is 15.4 Å². The molecule has 0 bridgehead atoms. The highest BCUT2D eigenvalue weighted by molar-refractivity contribution is 5.92. The van der Waals surface area contributed by atoms with Crippen LogP contribution >= 0.6 is 0 Å². The van der Waals surface area contributed by atoms with Crippen LogP contribution in [-0.2, 0) is 16.9 Å². The SMILES string of the molecule is CCNC(=NCc1ccc(OC)c(C(=O)OC)c1)NCC(C)(O)c1ccccc1. The van der Waals surface area contributed by atoms with Crippen LogP contribution in [0.25, 0.3) is 0 Å². The van der Waals surface area contributed by atoms with E-state index in [2.05, 4.69) is 15.6 Å². The Balaban J connectivity index is 2.12. The minimum atomic E-state index is -1.05. The number of rotatable bonds is 8. The molecule has 0 aromatic heterocycles. The van der Waals surface area contributed by atoms with E-state index in [4.69, 9.17) is 9.47 Å². The number of benzene rings is 2. The molecule has 0 saturated heterocycles. The van der Waals surface area contributed by atoms with Crippen molar-refractivity contribution in [3.8, 4) is 5.75 Å². The molecule has 29 heavy (non-hydrogen) atoms. The van der Waals surface area contributed by atoms with Crippen molar-refractivity contribution in [3.05, 3.63) is 65.2 Å². The van der Waals surface area contributed by atoms with E-state index in [0.29, 0.717) is 36.9 Å². The number of methoxy groups -OCH3 is 2. The fourth-order valence-electron chi connectivity index (χ4n) is 2.79. The van der Waals surface area contributed by atoms with Gasteiger partial charge < -0.3 is 25.2 Å². The van der Waals surface area contributed by atoms with Crippen molar-refractivity contribution < 1.29 is 19.4 Å². The molecule has 0 amide bonds. The van der Waals surface area contributed by atoms with Gasteiger partial charge in [0.2, 0.25) is 0 Å². The first kappa shape index (κ1) is 22.2. The summed E-state index contributed by atoms with van der Waals surface area (Å²) in [5, 5.41) is 17.1. The second-order valence-electron chi connectivity index (χ2n) is 6.71. The first-order chi connectivity index (χ1) is 13.9. The van der Waals surface area contributed by atoms with Crippen LogP contribution in [0.15, 0.2) is 53.5 Å². The lowest BCUT2D eigenvalue weighted by molar-refractivity contribution is 0.0595. The standard InChI is InChI=1S/C22H29N3O4/c1-5-23-21(25-15-22(2,27)17-9-7-6-8-10-17)24-14-16-11-12-19(28-3)18(13-16)20(26)29-4/h6-13,27H,5,14-15H2,1-4H3,(H2,23,24,25). The molecule has 1 atom stereocenters. The van der Waals surface area contributed by atoms with Crippen LogP contribution in [0.4, 0.5) is 0 Å². The average molecular weight is 399 g/mol. The molecule has 0 heterocycles. The molecule has 0 spiro atoms. The number of ether oxygens (including phenoxy) is 2. The molecule has 0 aliphatic heterocycles. The van der Waals surface area contributed by atoms with Crippen LogP contribution in [0.5, 0.6) is 5.75 Å². The van der Waals surface area contributed by atoms with E-state index in [1.165, 1.54) is 14.2 Å². The summed E-state index contributed by atoms with van der Waals surface area (Å²) in [7, 11) is 2.84. The van der Waals surface area contributed by atoms with E-state index in [-0.39, 0.29) is 0 Å². The summed E-state index contributed by atoms with van der Waals surface area (Å²) in [6.45, 7) is 5.03. The smallest absolute Gasteiger partial charge is 0.341 e. The van der Waals surface area contributed by atoms with Gasteiger partial charge in [0, 0.05) is 6.54 Å². The number of carbonyl (C=O) groups excluding carboxylic acids is 1. The summed E-state index contributed by atoms with van der Waals surface area (Å²) in [4.78, 5) is 16.5. The van der Waals surface area contributed by atoms with Crippen LogP contribution in [0.1, 0.15) is 35.3 Å². The van der Waals surface area contributed by atoms with Crippen LogP contribution in [-0.4, -0.2) is 44.3 Å². The lowest BCUT2D eigenvalue weighted by atomic mass is 9.96. The molecule has 156 valence electrons. The van der Waals surface area contributed by atoms with Crippen molar-refractivity contribution in [1.82, 2.24) is 10.6 Å². The van der Waals surface area contributed by atoms with Gasteiger partial charge in [0.05, 0.1) is 27.3 Å². The molecule has 3 N–H and O–H groups in total. The number of carbonyl (C=O) groups is 1. The van der Waals surface area contributed by atoms with Gasteiger partial charge in [-0.1, -0.05) is 36.4 Å². The van der Waals surface area contributed by atoms with Crippen molar-refractivity contribution in [2.75, 3.05) is 27.3 Å². The Bertz CT molecular complexity index is 835. The Hall–Kier alpha value is -3.06. The van der Waals surface area contributed by atoms with E-state index in [9.17, 15) is 9.90 Å². The maximum Gasteiger partial charge on any atom is 0.341 e. The Morgan fingerprint density at radius 2 is 1.86 bits per heavy atom. The van der Waals surface area contributed by atoms with Crippen molar-refractivity contribution in [1.29, 1.82) is 0 Å². The van der Waals surface area contributed by atoms with Gasteiger partial charge in [0.15, 0.2) is 5.96 Å². The number of hydrogen-bond donors (Lipinski definition) is 3. The maximum atomic E-state index is 11.9. The van der Waals surface area contributed by atoms with E-state index in [1.54, 1.807) is 19.1 Å². The summed E-state index contributed by atoms with van der Waals surface area (Å²) in [6.07, 6.45) is 0. The van der Waals surface area contributed by atoms with Gasteiger partial charge in [-0.2, -0.15) is 0 Å². The maximum absolute atomic E-state index is 11.9.